The van der Waals surface area contributed by atoms with Crippen LogP contribution in [0.5, 0.6) is 0 Å². The molecular formula is C41H47N2O14S4+. The number of likely N-dealkylation sites (N-methyl/N-ethyl adjacent to an activating group) is 1. The summed E-state index contributed by atoms with van der Waals surface area (Å²) in [5, 5.41) is 9.78. The molecule has 4 aromatic rings. The average Bonchev–Trinajstić information content (AvgIpc) is 3.49. The molecule has 0 saturated carbocycles. The van der Waals surface area contributed by atoms with Crippen molar-refractivity contribution in [1.82, 2.24) is 0 Å². The molecule has 0 amide bonds. The molecule has 16 nitrogen and oxygen atoms in total. The number of hydrogen-bond donors (Lipinski definition) is 7. The van der Waals surface area contributed by atoms with E-state index in [0.717, 1.165) is 17.5 Å². The van der Waals surface area contributed by atoms with Crippen LogP contribution >= 0.6 is 10.9 Å². The highest BCUT2D eigenvalue weighted by atomic mass is 32.3. The van der Waals surface area contributed by atoms with E-state index in [9.17, 15) is 57.4 Å². The van der Waals surface area contributed by atoms with Gasteiger partial charge in [0.2, 0.25) is 5.69 Å². The van der Waals surface area contributed by atoms with E-state index in [1.54, 1.807) is 30.4 Å². The van der Waals surface area contributed by atoms with Crippen LogP contribution in [0.25, 0.3) is 21.5 Å². The van der Waals surface area contributed by atoms with Gasteiger partial charge in [-0.25, -0.2) is 0 Å². The molecule has 0 atom stereocenters. The molecule has 2 aliphatic heterocycles. The Balaban J connectivity index is 1.44. The molecule has 0 bridgehead atoms. The Hall–Kier alpha value is -4.48. The van der Waals surface area contributed by atoms with Crippen LogP contribution in [0.3, 0.4) is 0 Å². The minimum atomic E-state index is -4.95. The summed E-state index contributed by atoms with van der Waals surface area (Å²) in [6.07, 6.45) is 10.7. The van der Waals surface area contributed by atoms with Gasteiger partial charge in [-0.2, -0.15) is 29.8 Å². The first-order chi connectivity index (χ1) is 28.1. The smallest absolute Gasteiger partial charge is 0.303 e. The summed E-state index contributed by atoms with van der Waals surface area (Å²) in [5.74, 6) is -0.914. The van der Waals surface area contributed by atoms with Crippen LogP contribution in [-0.2, 0) is 46.0 Å². The molecule has 0 saturated heterocycles. The van der Waals surface area contributed by atoms with E-state index in [4.69, 9.17) is 5.11 Å². The summed E-state index contributed by atoms with van der Waals surface area (Å²) in [6, 6.07) is 10.4. The third-order valence-electron chi connectivity index (χ3n) is 11.3. The first-order valence-corrected chi connectivity index (χ1v) is 24.8. The second-order valence-electron chi connectivity index (χ2n) is 15.9. The SMILES string of the molecule is CCN1\C(=C/C=C/C=C/C2=[N+](CCCCCC(=O)O)c3ccc4c(S(=O)(=O)O)cc(S(=O)(=O)O)cc4c3C2(C)C)C(C)(C)c2c1ccc1c(S(=O)(=O)O)cc(S(O)(O)O)cc21. The maximum absolute atomic E-state index is 12.5. The number of carboxylic acid groups (broad SMARTS) is 1. The van der Waals surface area contributed by atoms with Crippen molar-refractivity contribution in [1.29, 1.82) is 0 Å². The van der Waals surface area contributed by atoms with Crippen LogP contribution in [0.1, 0.15) is 71.4 Å². The quantitative estimate of drug-likeness (QED) is 0.0272. The van der Waals surface area contributed by atoms with Gasteiger partial charge in [0.05, 0.1) is 15.2 Å². The molecule has 0 radical (unpaired) electrons. The van der Waals surface area contributed by atoms with Crippen LogP contribution in [0.4, 0.5) is 11.4 Å². The van der Waals surface area contributed by atoms with Gasteiger partial charge in [0, 0.05) is 64.7 Å². The molecule has 2 aliphatic rings. The highest BCUT2D eigenvalue weighted by molar-refractivity contribution is 8.19. The molecule has 61 heavy (non-hydrogen) atoms. The standard InChI is InChI=1S/C41H46N2O14S4/c1-6-42-31-18-16-27-29(21-25(58(46,47)48)23-33(27)60(52,53)54)38(31)40(2,3)35(42)13-9-7-10-14-36-41(4,5)39-30-22-26(59(49,50)51)24-34(61(55,56)57)28(30)17-19-32(39)43(36)20-12-8-11-15-37(44)45/h7,9-10,13-14,16-19,21-24H,6,8,11-12,15,20H2,1-5H3,(H6-,44,45,46,47,48,49,50,51,52,53,54,55,56,57)/p+1. The number of rotatable bonds is 14. The van der Waals surface area contributed by atoms with Gasteiger partial charge in [-0.1, -0.05) is 38.1 Å². The number of carbonyl (C=O) groups is 1. The highest BCUT2D eigenvalue weighted by Crippen LogP contribution is 2.54. The largest absolute Gasteiger partial charge is 0.481 e. The Morgan fingerprint density at radius 3 is 1.80 bits per heavy atom. The van der Waals surface area contributed by atoms with Gasteiger partial charge in [-0.15, -0.1) is 0 Å². The van der Waals surface area contributed by atoms with Crippen LogP contribution in [0, 0.1) is 0 Å². The second kappa shape index (κ2) is 16.0. The number of anilines is 1. The maximum atomic E-state index is 12.5. The molecule has 0 spiro atoms. The molecule has 0 unspecified atom stereocenters. The van der Waals surface area contributed by atoms with E-state index >= 15 is 0 Å². The van der Waals surface area contributed by atoms with E-state index in [-0.39, 0.29) is 28.0 Å². The fraction of sp³-hybridized carbons (Fsp3) is 0.317. The van der Waals surface area contributed by atoms with Gasteiger partial charge in [0.25, 0.3) is 30.4 Å². The van der Waals surface area contributed by atoms with Crippen molar-refractivity contribution >= 4 is 85.8 Å². The van der Waals surface area contributed by atoms with Gasteiger partial charge in [0.1, 0.15) is 27.2 Å². The molecule has 0 aromatic heterocycles. The molecule has 328 valence electrons. The zero-order valence-electron chi connectivity index (χ0n) is 33.8. The van der Waals surface area contributed by atoms with Crippen LogP contribution in [0.15, 0.2) is 104 Å². The first kappa shape index (κ1) is 46.0. The van der Waals surface area contributed by atoms with Gasteiger partial charge < -0.3 is 23.7 Å². The molecular weight excluding hydrogens is 873 g/mol. The van der Waals surface area contributed by atoms with Gasteiger partial charge in [-0.3, -0.25) is 18.5 Å². The fourth-order valence-electron chi connectivity index (χ4n) is 8.67. The summed E-state index contributed by atoms with van der Waals surface area (Å²) in [7, 11) is -19.1. The Labute approximate surface area is 355 Å². The van der Waals surface area contributed by atoms with Crippen molar-refractivity contribution in [2.75, 3.05) is 18.0 Å². The van der Waals surface area contributed by atoms with Crippen molar-refractivity contribution in [3.8, 4) is 0 Å². The number of benzene rings is 4. The van der Waals surface area contributed by atoms with Crippen LogP contribution in [-0.4, -0.2) is 87.0 Å². The Morgan fingerprint density at radius 2 is 1.25 bits per heavy atom. The lowest BCUT2D eigenvalue weighted by atomic mass is 9.79. The lowest BCUT2D eigenvalue weighted by Gasteiger charge is -2.26. The molecule has 2 heterocycles. The van der Waals surface area contributed by atoms with E-state index in [1.807, 2.05) is 56.2 Å². The minimum absolute atomic E-state index is 0.00383. The predicted molar refractivity (Wildman–Crippen MR) is 232 cm³/mol. The zero-order valence-corrected chi connectivity index (χ0v) is 37.0. The Bertz CT molecular complexity index is 2980. The van der Waals surface area contributed by atoms with E-state index < -0.39 is 77.6 Å². The van der Waals surface area contributed by atoms with Gasteiger partial charge in [0.15, 0.2) is 5.71 Å². The monoisotopic (exact) mass is 919 g/mol. The summed E-state index contributed by atoms with van der Waals surface area (Å²) >= 11 is 0. The number of fused-ring (bicyclic) bond motifs is 6. The minimum Gasteiger partial charge on any atom is -0.481 e. The Kier molecular flexibility index (Phi) is 12.1. The van der Waals surface area contributed by atoms with E-state index in [0.29, 0.717) is 60.9 Å². The third-order valence-corrected chi connectivity index (χ3v) is 14.8. The van der Waals surface area contributed by atoms with Crippen LogP contribution in [0.2, 0.25) is 0 Å². The van der Waals surface area contributed by atoms with Crippen molar-refractivity contribution < 1.29 is 67.0 Å². The van der Waals surface area contributed by atoms with Crippen molar-refractivity contribution in [3.63, 3.8) is 0 Å². The average molecular weight is 920 g/mol. The van der Waals surface area contributed by atoms with Gasteiger partial charge in [-0.05, 0) is 92.4 Å². The Morgan fingerprint density at radius 1 is 0.672 bits per heavy atom. The van der Waals surface area contributed by atoms with Crippen molar-refractivity contribution in [2.45, 2.75) is 90.7 Å². The number of hydrogen-bond acceptors (Lipinski definition) is 11. The second-order valence-corrected chi connectivity index (χ2v) is 21.6. The topological polar surface area (TPSA) is 267 Å². The predicted octanol–water partition coefficient (Wildman–Crippen LogP) is 8.15. The molecule has 0 aliphatic carbocycles. The van der Waals surface area contributed by atoms with Gasteiger partial charge >= 0.3 is 5.97 Å². The van der Waals surface area contributed by atoms with E-state index in [1.165, 1.54) is 24.3 Å². The zero-order chi connectivity index (χ0) is 45.2. The fourth-order valence-corrected chi connectivity index (χ4v) is 11.4. The number of carboxylic acids is 1. The normalized spacial score (nSPS) is 17.7. The van der Waals surface area contributed by atoms with Crippen molar-refractivity contribution in [3.05, 3.63) is 95.7 Å². The van der Waals surface area contributed by atoms with Crippen LogP contribution < -0.4 is 4.90 Å². The molecule has 4 aromatic carbocycles. The highest BCUT2D eigenvalue weighted by Gasteiger charge is 2.46. The number of aliphatic carboxylic acids is 1. The molecule has 6 rings (SSSR count). The third kappa shape index (κ3) is 8.66. The number of allylic oxidation sites excluding steroid dienone is 6. The molecule has 20 heteroatoms. The summed E-state index contributed by atoms with van der Waals surface area (Å²) < 4.78 is 137. The summed E-state index contributed by atoms with van der Waals surface area (Å²) in [6.45, 7) is 10.4. The van der Waals surface area contributed by atoms with E-state index in [2.05, 4.69) is 0 Å². The summed E-state index contributed by atoms with van der Waals surface area (Å²) in [5.41, 5.74) is 2.26. The number of nitrogens with zero attached hydrogens (tertiary/aromatic N) is 2. The molecule has 0 fully saturated rings. The first-order valence-electron chi connectivity index (χ1n) is 19.0. The van der Waals surface area contributed by atoms with Crippen molar-refractivity contribution in [2.24, 2.45) is 0 Å². The lowest BCUT2D eigenvalue weighted by molar-refractivity contribution is -0.438. The maximum Gasteiger partial charge on any atom is 0.303 e. The summed E-state index contributed by atoms with van der Waals surface area (Å²) in [4.78, 5) is 10.7. The number of unbranched alkanes of at least 4 members (excludes halogenated alkanes) is 2. The molecule has 7 N–H and O–H groups in total. The lowest BCUT2D eigenvalue weighted by Crippen LogP contribution is -2.28.